The van der Waals surface area contributed by atoms with Crippen molar-refractivity contribution in [3.8, 4) is 5.69 Å². The summed E-state index contributed by atoms with van der Waals surface area (Å²) in [4.78, 5) is 12.1. The molecule has 2 aromatic rings. The molecule has 2 N–H and O–H groups in total. The number of carbonyl (C=O) groups excluding carboxylic acids is 1. The van der Waals surface area contributed by atoms with Gasteiger partial charge in [-0.15, -0.1) is 0 Å². The number of amides is 1. The fourth-order valence-electron chi connectivity index (χ4n) is 2.48. The van der Waals surface area contributed by atoms with Gasteiger partial charge in [-0.2, -0.15) is 5.10 Å². The van der Waals surface area contributed by atoms with Gasteiger partial charge >= 0.3 is 0 Å². The second-order valence-electron chi connectivity index (χ2n) is 5.47. The Balaban J connectivity index is 2.00. The van der Waals surface area contributed by atoms with Crippen LogP contribution in [0.4, 0.5) is 4.39 Å². The van der Waals surface area contributed by atoms with Gasteiger partial charge in [0.25, 0.3) is 5.91 Å². The number of nitrogens with zero attached hydrogens (tertiary/aromatic N) is 2. The minimum atomic E-state index is -0.395. The Hall–Kier alpha value is -2.21. The molecular weight excluding hydrogens is 297 g/mol. The first-order valence-electron chi connectivity index (χ1n) is 7.85. The minimum absolute atomic E-state index is 0.114. The fourth-order valence-corrected chi connectivity index (χ4v) is 2.48. The van der Waals surface area contributed by atoms with Gasteiger partial charge < -0.3 is 10.4 Å². The van der Waals surface area contributed by atoms with Crippen molar-refractivity contribution in [2.24, 2.45) is 5.92 Å². The van der Waals surface area contributed by atoms with Crippen LogP contribution in [0.1, 0.15) is 36.7 Å². The smallest absolute Gasteiger partial charge is 0.271 e. The standard InChI is InChI=1S/C17H22FN3O2/c1-2-5-13(9-11-22)12-19-17(23)15-8-10-21(20-15)16-7-4-3-6-14(16)18/h3-4,6-8,10,13,22H,2,5,9,11-12H2,1H3,(H,19,23). The molecule has 1 amide bonds. The summed E-state index contributed by atoms with van der Waals surface area (Å²) in [6.45, 7) is 2.69. The molecule has 0 aliphatic heterocycles. The van der Waals surface area contributed by atoms with Crippen LogP contribution in [0.2, 0.25) is 0 Å². The molecule has 124 valence electrons. The number of hydrogen-bond acceptors (Lipinski definition) is 3. The van der Waals surface area contributed by atoms with Crippen LogP contribution in [0, 0.1) is 11.7 Å². The summed E-state index contributed by atoms with van der Waals surface area (Å²) in [6, 6.07) is 7.82. The van der Waals surface area contributed by atoms with Crippen molar-refractivity contribution < 1.29 is 14.3 Å². The zero-order chi connectivity index (χ0) is 16.7. The first-order valence-corrected chi connectivity index (χ1v) is 7.85. The molecule has 5 nitrogen and oxygen atoms in total. The van der Waals surface area contributed by atoms with Gasteiger partial charge in [-0.3, -0.25) is 4.79 Å². The highest BCUT2D eigenvalue weighted by Crippen LogP contribution is 2.13. The van der Waals surface area contributed by atoms with E-state index in [1.54, 1.807) is 30.5 Å². The van der Waals surface area contributed by atoms with E-state index in [0.29, 0.717) is 18.7 Å². The van der Waals surface area contributed by atoms with Crippen molar-refractivity contribution in [2.75, 3.05) is 13.2 Å². The molecule has 0 fully saturated rings. The van der Waals surface area contributed by atoms with Crippen molar-refractivity contribution in [1.29, 1.82) is 0 Å². The maximum atomic E-state index is 13.7. The quantitative estimate of drug-likeness (QED) is 0.786. The molecule has 1 aromatic carbocycles. The Morgan fingerprint density at radius 1 is 1.35 bits per heavy atom. The predicted molar refractivity (Wildman–Crippen MR) is 86.0 cm³/mol. The van der Waals surface area contributed by atoms with Crippen LogP contribution in [0.25, 0.3) is 5.69 Å². The van der Waals surface area contributed by atoms with Crippen LogP contribution >= 0.6 is 0 Å². The molecule has 1 atom stereocenters. The Kier molecular flexibility index (Phi) is 6.29. The average molecular weight is 319 g/mol. The van der Waals surface area contributed by atoms with Gasteiger partial charge in [0.15, 0.2) is 5.69 Å². The van der Waals surface area contributed by atoms with E-state index in [2.05, 4.69) is 17.3 Å². The van der Waals surface area contributed by atoms with E-state index in [0.717, 1.165) is 12.8 Å². The average Bonchev–Trinajstić information content (AvgIpc) is 3.03. The highest BCUT2D eigenvalue weighted by molar-refractivity contribution is 5.92. The van der Waals surface area contributed by atoms with Gasteiger partial charge in [0.05, 0.1) is 0 Å². The first kappa shape index (κ1) is 17.1. The van der Waals surface area contributed by atoms with E-state index in [4.69, 9.17) is 5.11 Å². The highest BCUT2D eigenvalue weighted by Gasteiger charge is 2.14. The second kappa shape index (κ2) is 8.43. The van der Waals surface area contributed by atoms with Gasteiger partial charge in [0.2, 0.25) is 0 Å². The molecule has 2 rings (SSSR count). The third-order valence-corrected chi connectivity index (χ3v) is 3.71. The fraction of sp³-hybridized carbons (Fsp3) is 0.412. The molecule has 0 spiro atoms. The summed E-state index contributed by atoms with van der Waals surface area (Å²) in [5, 5.41) is 16.0. The number of benzene rings is 1. The number of aliphatic hydroxyl groups excluding tert-OH is 1. The minimum Gasteiger partial charge on any atom is -0.396 e. The van der Waals surface area contributed by atoms with Gasteiger partial charge in [0, 0.05) is 19.3 Å². The molecule has 0 radical (unpaired) electrons. The lowest BCUT2D eigenvalue weighted by Gasteiger charge is -2.15. The van der Waals surface area contributed by atoms with Crippen molar-refractivity contribution in [3.63, 3.8) is 0 Å². The number of carbonyl (C=O) groups is 1. The van der Waals surface area contributed by atoms with E-state index in [9.17, 15) is 9.18 Å². The molecule has 1 unspecified atom stereocenters. The van der Waals surface area contributed by atoms with E-state index in [-0.39, 0.29) is 24.1 Å². The van der Waals surface area contributed by atoms with Gasteiger partial charge in [0.1, 0.15) is 11.5 Å². The number of rotatable bonds is 8. The summed E-state index contributed by atoms with van der Waals surface area (Å²) >= 11 is 0. The molecule has 0 bridgehead atoms. The Labute approximate surface area is 135 Å². The predicted octanol–water partition coefficient (Wildman–Crippen LogP) is 2.54. The number of hydrogen-bond donors (Lipinski definition) is 2. The Morgan fingerprint density at radius 2 is 2.13 bits per heavy atom. The van der Waals surface area contributed by atoms with Crippen LogP contribution in [-0.4, -0.2) is 33.9 Å². The maximum Gasteiger partial charge on any atom is 0.271 e. The molecule has 0 aliphatic carbocycles. The zero-order valence-corrected chi connectivity index (χ0v) is 13.2. The highest BCUT2D eigenvalue weighted by atomic mass is 19.1. The van der Waals surface area contributed by atoms with Gasteiger partial charge in [-0.1, -0.05) is 25.5 Å². The topological polar surface area (TPSA) is 67.2 Å². The number of aliphatic hydroxyl groups is 1. The molecule has 0 saturated carbocycles. The summed E-state index contributed by atoms with van der Waals surface area (Å²) in [5.41, 5.74) is 0.545. The lowest BCUT2D eigenvalue weighted by Crippen LogP contribution is -2.30. The van der Waals surface area contributed by atoms with Crippen molar-refractivity contribution in [3.05, 3.63) is 48.0 Å². The van der Waals surface area contributed by atoms with E-state index < -0.39 is 5.82 Å². The molecule has 23 heavy (non-hydrogen) atoms. The lowest BCUT2D eigenvalue weighted by atomic mass is 10.0. The van der Waals surface area contributed by atoms with E-state index in [1.165, 1.54) is 10.7 Å². The number of halogens is 1. The van der Waals surface area contributed by atoms with Crippen molar-refractivity contribution in [2.45, 2.75) is 26.2 Å². The van der Waals surface area contributed by atoms with E-state index >= 15 is 0 Å². The zero-order valence-electron chi connectivity index (χ0n) is 13.2. The second-order valence-corrected chi connectivity index (χ2v) is 5.47. The van der Waals surface area contributed by atoms with Gasteiger partial charge in [-0.25, -0.2) is 9.07 Å². The largest absolute Gasteiger partial charge is 0.396 e. The molecule has 1 aromatic heterocycles. The third-order valence-electron chi connectivity index (χ3n) is 3.71. The number of nitrogens with one attached hydrogen (secondary N) is 1. The van der Waals surface area contributed by atoms with Crippen LogP contribution in [0.15, 0.2) is 36.5 Å². The van der Waals surface area contributed by atoms with Crippen LogP contribution in [-0.2, 0) is 0 Å². The van der Waals surface area contributed by atoms with Crippen molar-refractivity contribution in [1.82, 2.24) is 15.1 Å². The van der Waals surface area contributed by atoms with Crippen molar-refractivity contribution >= 4 is 5.91 Å². The number of para-hydroxylation sites is 1. The molecule has 0 saturated heterocycles. The van der Waals surface area contributed by atoms with E-state index in [1.807, 2.05) is 0 Å². The van der Waals surface area contributed by atoms with Crippen LogP contribution in [0.5, 0.6) is 0 Å². The normalized spacial score (nSPS) is 12.1. The lowest BCUT2D eigenvalue weighted by molar-refractivity contribution is 0.0937. The van der Waals surface area contributed by atoms with Gasteiger partial charge in [-0.05, 0) is 37.0 Å². The SMILES string of the molecule is CCCC(CCO)CNC(=O)c1ccn(-c2ccccc2F)n1. The molecule has 1 heterocycles. The molecular formula is C17H22FN3O2. The summed E-state index contributed by atoms with van der Waals surface area (Å²) in [5.74, 6) is -0.435. The summed E-state index contributed by atoms with van der Waals surface area (Å²) in [6.07, 6.45) is 4.18. The third kappa shape index (κ3) is 4.63. The maximum absolute atomic E-state index is 13.7. The first-order chi connectivity index (χ1) is 11.2. The van der Waals surface area contributed by atoms with Crippen LogP contribution in [0.3, 0.4) is 0 Å². The monoisotopic (exact) mass is 319 g/mol. The molecule has 0 aliphatic rings. The summed E-state index contributed by atoms with van der Waals surface area (Å²) < 4.78 is 15.1. The summed E-state index contributed by atoms with van der Waals surface area (Å²) in [7, 11) is 0. The van der Waals surface area contributed by atoms with Crippen LogP contribution < -0.4 is 5.32 Å². The Morgan fingerprint density at radius 3 is 2.83 bits per heavy atom. The number of aromatic nitrogens is 2. The Bertz CT molecular complexity index is 636. The molecule has 6 heteroatoms.